The van der Waals surface area contributed by atoms with Crippen LogP contribution in [0.4, 0.5) is 13.2 Å². The summed E-state index contributed by atoms with van der Waals surface area (Å²) < 4.78 is 44.8. The molecule has 0 bridgehead atoms. The first-order valence-electron chi connectivity index (χ1n) is 5.41. The van der Waals surface area contributed by atoms with Gasteiger partial charge >= 0.3 is 0 Å². The van der Waals surface area contributed by atoms with Crippen molar-refractivity contribution in [2.75, 3.05) is 13.2 Å². The van der Waals surface area contributed by atoms with Gasteiger partial charge in [-0.25, -0.2) is 13.2 Å². The Kier molecular flexibility index (Phi) is 3.14. The standard InChI is InChI=1S/C12H13F3O2/c1-7-6-17-5-4-12(7,16)8-2-3-9(13)11(15)10(8)14/h2-3,7,16H,4-6H2,1H3. The highest BCUT2D eigenvalue weighted by atomic mass is 19.2. The molecule has 0 amide bonds. The van der Waals surface area contributed by atoms with E-state index in [1.165, 1.54) is 0 Å². The van der Waals surface area contributed by atoms with E-state index in [1.807, 2.05) is 0 Å². The molecule has 2 atom stereocenters. The number of aliphatic hydroxyl groups is 1. The SMILES string of the molecule is CC1COCCC1(O)c1ccc(F)c(F)c1F. The monoisotopic (exact) mass is 246 g/mol. The summed E-state index contributed by atoms with van der Waals surface area (Å²) in [5.74, 6) is -4.50. The van der Waals surface area contributed by atoms with Gasteiger partial charge in [0.05, 0.1) is 12.2 Å². The van der Waals surface area contributed by atoms with Crippen LogP contribution in [0.15, 0.2) is 12.1 Å². The molecule has 1 saturated heterocycles. The van der Waals surface area contributed by atoms with E-state index >= 15 is 0 Å². The predicted octanol–water partition coefficient (Wildman–Crippen LogP) is 2.35. The summed E-state index contributed by atoms with van der Waals surface area (Å²) in [6.45, 7) is 2.20. The highest BCUT2D eigenvalue weighted by molar-refractivity contribution is 5.27. The molecule has 0 spiro atoms. The smallest absolute Gasteiger partial charge is 0.194 e. The van der Waals surface area contributed by atoms with Crippen LogP contribution in [0.25, 0.3) is 0 Å². The first-order chi connectivity index (χ1) is 7.97. The minimum absolute atomic E-state index is 0.163. The summed E-state index contributed by atoms with van der Waals surface area (Å²) in [7, 11) is 0. The number of ether oxygens (including phenoxy) is 1. The van der Waals surface area contributed by atoms with E-state index in [4.69, 9.17) is 4.74 Å². The van der Waals surface area contributed by atoms with E-state index in [-0.39, 0.29) is 31.1 Å². The van der Waals surface area contributed by atoms with E-state index in [2.05, 4.69) is 0 Å². The second-order valence-electron chi connectivity index (χ2n) is 4.37. The van der Waals surface area contributed by atoms with Crippen LogP contribution in [0.5, 0.6) is 0 Å². The maximum atomic E-state index is 13.6. The van der Waals surface area contributed by atoms with Crippen LogP contribution in [0, 0.1) is 23.4 Å². The lowest BCUT2D eigenvalue weighted by Crippen LogP contribution is -2.42. The van der Waals surface area contributed by atoms with Crippen LogP contribution in [0.3, 0.4) is 0 Å². The largest absolute Gasteiger partial charge is 0.385 e. The third-order valence-electron chi connectivity index (χ3n) is 3.31. The van der Waals surface area contributed by atoms with Crippen molar-refractivity contribution in [2.45, 2.75) is 18.9 Å². The number of rotatable bonds is 1. The second-order valence-corrected chi connectivity index (χ2v) is 4.37. The zero-order chi connectivity index (χ0) is 12.6. The molecule has 0 radical (unpaired) electrons. The van der Waals surface area contributed by atoms with E-state index in [0.29, 0.717) is 0 Å². The Balaban J connectivity index is 2.49. The number of hydrogen-bond donors (Lipinski definition) is 1. The van der Waals surface area contributed by atoms with Crippen LogP contribution in [-0.2, 0) is 10.3 Å². The van der Waals surface area contributed by atoms with Gasteiger partial charge in [-0.05, 0) is 6.07 Å². The molecule has 1 aliphatic heterocycles. The predicted molar refractivity (Wildman–Crippen MR) is 54.8 cm³/mol. The molecular formula is C12H13F3O2. The van der Waals surface area contributed by atoms with Gasteiger partial charge in [-0.15, -0.1) is 0 Å². The normalized spacial score (nSPS) is 29.4. The van der Waals surface area contributed by atoms with E-state index in [9.17, 15) is 18.3 Å². The molecule has 17 heavy (non-hydrogen) atoms. The summed E-state index contributed by atoms with van der Waals surface area (Å²) in [6, 6.07) is 1.92. The molecule has 1 aromatic rings. The molecule has 1 fully saturated rings. The van der Waals surface area contributed by atoms with E-state index in [0.717, 1.165) is 12.1 Å². The molecule has 1 heterocycles. The summed E-state index contributed by atoms with van der Waals surface area (Å²) >= 11 is 0. The lowest BCUT2D eigenvalue weighted by atomic mass is 9.78. The van der Waals surface area contributed by atoms with Gasteiger partial charge in [-0.2, -0.15) is 0 Å². The van der Waals surface area contributed by atoms with Crippen LogP contribution < -0.4 is 0 Å². The van der Waals surface area contributed by atoms with Gasteiger partial charge in [-0.3, -0.25) is 0 Å². The molecule has 0 aliphatic carbocycles. The Morgan fingerprint density at radius 3 is 2.65 bits per heavy atom. The number of halogens is 3. The Hall–Kier alpha value is -1.07. The average Bonchev–Trinajstić information content (AvgIpc) is 2.30. The molecular weight excluding hydrogens is 233 g/mol. The van der Waals surface area contributed by atoms with Crippen molar-refractivity contribution in [3.05, 3.63) is 35.1 Å². The Morgan fingerprint density at radius 1 is 1.29 bits per heavy atom. The van der Waals surface area contributed by atoms with E-state index < -0.39 is 23.1 Å². The van der Waals surface area contributed by atoms with Gasteiger partial charge in [0.25, 0.3) is 0 Å². The maximum Gasteiger partial charge on any atom is 0.194 e. The third kappa shape index (κ3) is 1.93. The molecule has 1 N–H and O–H groups in total. The molecule has 0 aromatic heterocycles. The van der Waals surface area contributed by atoms with Gasteiger partial charge in [0.2, 0.25) is 0 Å². The minimum Gasteiger partial charge on any atom is -0.385 e. The van der Waals surface area contributed by atoms with E-state index in [1.54, 1.807) is 6.92 Å². The van der Waals surface area contributed by atoms with Crippen molar-refractivity contribution in [3.8, 4) is 0 Å². The molecule has 94 valence electrons. The first kappa shape index (κ1) is 12.4. The van der Waals surface area contributed by atoms with Crippen molar-refractivity contribution in [2.24, 2.45) is 5.92 Å². The van der Waals surface area contributed by atoms with Crippen molar-refractivity contribution >= 4 is 0 Å². The minimum atomic E-state index is -1.55. The number of hydrogen-bond acceptors (Lipinski definition) is 2. The lowest BCUT2D eigenvalue weighted by Gasteiger charge is -2.38. The number of benzene rings is 1. The lowest BCUT2D eigenvalue weighted by molar-refractivity contribution is -0.113. The van der Waals surface area contributed by atoms with Crippen molar-refractivity contribution in [1.29, 1.82) is 0 Å². The topological polar surface area (TPSA) is 29.5 Å². The van der Waals surface area contributed by atoms with Crippen molar-refractivity contribution in [1.82, 2.24) is 0 Å². The molecule has 2 unspecified atom stereocenters. The fourth-order valence-electron chi connectivity index (χ4n) is 2.13. The molecule has 2 nitrogen and oxygen atoms in total. The van der Waals surface area contributed by atoms with Crippen LogP contribution >= 0.6 is 0 Å². The zero-order valence-corrected chi connectivity index (χ0v) is 9.34. The maximum absolute atomic E-state index is 13.6. The molecule has 0 saturated carbocycles. The zero-order valence-electron chi connectivity index (χ0n) is 9.34. The van der Waals surface area contributed by atoms with Gasteiger partial charge in [-0.1, -0.05) is 13.0 Å². The van der Waals surface area contributed by atoms with Crippen LogP contribution in [-0.4, -0.2) is 18.3 Å². The first-order valence-corrected chi connectivity index (χ1v) is 5.41. The second kappa shape index (κ2) is 4.31. The van der Waals surface area contributed by atoms with Gasteiger partial charge < -0.3 is 9.84 Å². The summed E-state index contributed by atoms with van der Waals surface area (Å²) in [5, 5.41) is 10.4. The van der Waals surface area contributed by atoms with Crippen LogP contribution in [0.2, 0.25) is 0 Å². The highest BCUT2D eigenvalue weighted by Gasteiger charge is 2.41. The molecule has 2 rings (SSSR count). The van der Waals surface area contributed by atoms with Crippen molar-refractivity contribution < 1.29 is 23.0 Å². The Bertz CT molecular complexity index is 436. The third-order valence-corrected chi connectivity index (χ3v) is 3.31. The summed E-state index contributed by atoms with van der Waals surface area (Å²) in [5.41, 5.74) is -1.70. The van der Waals surface area contributed by atoms with Gasteiger partial charge in [0.15, 0.2) is 17.5 Å². The average molecular weight is 246 g/mol. The fraction of sp³-hybridized carbons (Fsp3) is 0.500. The molecule has 1 aliphatic rings. The van der Waals surface area contributed by atoms with Gasteiger partial charge in [0.1, 0.15) is 0 Å². The highest BCUT2D eigenvalue weighted by Crippen LogP contribution is 2.38. The molecule has 1 aromatic carbocycles. The summed E-state index contributed by atoms with van der Waals surface area (Å²) in [6.07, 6.45) is 0.163. The Labute approximate surface area is 97.0 Å². The van der Waals surface area contributed by atoms with Gasteiger partial charge in [0, 0.05) is 24.5 Å². The Morgan fingerprint density at radius 2 is 2.00 bits per heavy atom. The van der Waals surface area contributed by atoms with Crippen LogP contribution in [0.1, 0.15) is 18.9 Å². The fourth-order valence-corrected chi connectivity index (χ4v) is 2.13. The molecule has 5 heteroatoms. The van der Waals surface area contributed by atoms with Crippen molar-refractivity contribution in [3.63, 3.8) is 0 Å². The quantitative estimate of drug-likeness (QED) is 0.771. The summed E-state index contributed by atoms with van der Waals surface area (Å²) in [4.78, 5) is 0.